The van der Waals surface area contributed by atoms with Gasteiger partial charge in [0.05, 0.1) is 29.0 Å². The Morgan fingerprint density at radius 2 is 1.81 bits per heavy atom. The summed E-state index contributed by atoms with van der Waals surface area (Å²) in [6.07, 6.45) is -2.01. The van der Waals surface area contributed by atoms with Gasteiger partial charge in [0.25, 0.3) is 18.3 Å². The largest absolute Gasteiger partial charge is 0.355 e. The lowest BCUT2D eigenvalue weighted by atomic mass is 9.94. The molecule has 3 heterocycles. The van der Waals surface area contributed by atoms with E-state index < -0.39 is 77.4 Å². The lowest BCUT2D eigenvalue weighted by Crippen LogP contribution is -2.35. The fourth-order valence-electron chi connectivity index (χ4n) is 6.53. The predicted octanol–water partition coefficient (Wildman–Crippen LogP) is 5.85. The Hall–Kier alpha value is -5.28. The fourth-order valence-corrected chi connectivity index (χ4v) is 6.53. The highest BCUT2D eigenvalue weighted by Crippen LogP contribution is 2.68. The Morgan fingerprint density at radius 3 is 2.52 bits per heavy atom. The number of alkyl halides is 4. The Balaban J connectivity index is 1.32. The van der Waals surface area contributed by atoms with E-state index in [0.717, 1.165) is 18.2 Å². The summed E-state index contributed by atoms with van der Waals surface area (Å²) in [4.78, 5) is 30.6. The van der Waals surface area contributed by atoms with Crippen LogP contribution in [0.25, 0.3) is 22.2 Å². The van der Waals surface area contributed by atoms with E-state index >= 15 is 8.78 Å². The van der Waals surface area contributed by atoms with Crippen LogP contribution in [0.1, 0.15) is 63.4 Å². The summed E-state index contributed by atoms with van der Waals surface area (Å²) in [7, 11) is 1.32. The van der Waals surface area contributed by atoms with Crippen molar-refractivity contribution in [2.24, 2.45) is 5.92 Å². The van der Waals surface area contributed by atoms with Crippen LogP contribution >= 0.6 is 0 Å². The molecule has 48 heavy (non-hydrogen) atoms. The van der Waals surface area contributed by atoms with Crippen molar-refractivity contribution in [2.75, 3.05) is 7.05 Å². The molecule has 0 saturated heterocycles. The van der Waals surface area contributed by atoms with Gasteiger partial charge in [-0.25, -0.2) is 26.9 Å². The van der Waals surface area contributed by atoms with Gasteiger partial charge in [0.15, 0.2) is 0 Å². The van der Waals surface area contributed by atoms with Crippen LogP contribution in [-0.2, 0) is 23.7 Å². The van der Waals surface area contributed by atoms with E-state index in [4.69, 9.17) is 0 Å². The highest BCUT2D eigenvalue weighted by atomic mass is 19.3. The van der Waals surface area contributed by atoms with Crippen LogP contribution in [0.3, 0.4) is 0 Å². The summed E-state index contributed by atoms with van der Waals surface area (Å²) >= 11 is 0. The highest BCUT2D eigenvalue weighted by molar-refractivity contribution is 5.96. The van der Waals surface area contributed by atoms with E-state index in [1.807, 2.05) is 0 Å². The summed E-state index contributed by atoms with van der Waals surface area (Å²) in [5.41, 5.74) is -0.675. The zero-order chi connectivity index (χ0) is 34.1. The second-order valence-electron chi connectivity index (χ2n) is 11.8. The number of nitrogens with zero attached hydrogens (tertiary/aromatic N) is 4. The zero-order valence-electron chi connectivity index (χ0n) is 24.8. The molecule has 2 aromatic carbocycles. The van der Waals surface area contributed by atoms with E-state index in [-0.39, 0.29) is 46.4 Å². The van der Waals surface area contributed by atoms with Crippen molar-refractivity contribution < 1.29 is 40.3 Å². The van der Waals surface area contributed by atoms with Crippen molar-refractivity contribution in [3.05, 3.63) is 99.9 Å². The minimum absolute atomic E-state index is 0.0415. The molecule has 2 amide bonds. The highest BCUT2D eigenvalue weighted by Gasteiger charge is 2.67. The van der Waals surface area contributed by atoms with Crippen molar-refractivity contribution in [3.8, 4) is 11.1 Å². The van der Waals surface area contributed by atoms with Crippen LogP contribution in [0.5, 0.6) is 0 Å². The van der Waals surface area contributed by atoms with Crippen LogP contribution in [0.4, 0.5) is 30.7 Å². The number of nitrogens with one attached hydrogen (secondary N) is 3. The first-order chi connectivity index (χ1) is 22.8. The van der Waals surface area contributed by atoms with Crippen molar-refractivity contribution in [3.63, 3.8) is 0 Å². The van der Waals surface area contributed by atoms with Gasteiger partial charge in [0.2, 0.25) is 5.91 Å². The van der Waals surface area contributed by atoms with Gasteiger partial charge in [-0.3, -0.25) is 19.4 Å². The van der Waals surface area contributed by atoms with Crippen LogP contribution in [0.15, 0.2) is 48.7 Å². The molecule has 0 radical (unpaired) electrons. The molecule has 5 aromatic rings. The number of carbonyl (C=O) groups is 2. The van der Waals surface area contributed by atoms with Crippen LogP contribution in [-0.4, -0.2) is 43.8 Å². The van der Waals surface area contributed by atoms with Crippen molar-refractivity contribution in [1.29, 1.82) is 0 Å². The number of hydrogen-bond donors (Lipinski definition) is 3. The van der Waals surface area contributed by atoms with Gasteiger partial charge in [-0.05, 0) is 60.2 Å². The Morgan fingerprint density at radius 1 is 1.06 bits per heavy atom. The lowest BCUT2D eigenvalue weighted by molar-refractivity contribution is -0.123. The number of rotatable bonds is 9. The number of H-pyrrole nitrogens is 1. The Bertz CT molecular complexity index is 2090. The summed E-state index contributed by atoms with van der Waals surface area (Å²) in [6, 6.07) is 6.72. The Kier molecular flexibility index (Phi) is 7.47. The second kappa shape index (κ2) is 11.5. The molecule has 1 unspecified atom stereocenters. The minimum Gasteiger partial charge on any atom is -0.355 e. The summed E-state index contributed by atoms with van der Waals surface area (Å²) in [6.45, 7) is -0.876. The molecule has 0 aliphatic heterocycles. The van der Waals surface area contributed by atoms with E-state index in [1.165, 1.54) is 25.4 Å². The zero-order valence-corrected chi connectivity index (χ0v) is 24.8. The van der Waals surface area contributed by atoms with Crippen LogP contribution in [0.2, 0.25) is 0 Å². The van der Waals surface area contributed by atoms with Crippen molar-refractivity contribution in [1.82, 2.24) is 35.6 Å². The number of fused-ring (bicyclic) bond motifs is 4. The van der Waals surface area contributed by atoms with Gasteiger partial charge in [-0.2, -0.15) is 19.0 Å². The molecule has 0 bridgehead atoms. The number of pyridine rings is 1. The first kappa shape index (κ1) is 31.3. The van der Waals surface area contributed by atoms with Crippen molar-refractivity contribution in [2.45, 2.75) is 43.7 Å². The van der Waals surface area contributed by atoms with Gasteiger partial charge in [0, 0.05) is 30.2 Å². The standard InChI is InChI=1S/C32H24F7N7O2/c1-40-31(48)19-7-14(2-3-21(19)35)17-10-22-24(11-41-44-22)43-27(17)23(6-13-4-15(33)8-16(34)5-13)42-25(47)12-46-29-26(28(45-46)30(36)37)18-9-20(18)32(29,38)39/h2-5,7-8,10-11,18,20,23,30H,6,9,12H2,1H3,(H,40,48)(H,41,44)(H,42,47)/t18-,20+,23?/m0/s1. The third kappa shape index (κ3) is 5.34. The average Bonchev–Trinajstić information content (AvgIpc) is 3.44. The first-order valence-electron chi connectivity index (χ1n) is 14.7. The normalized spacial score (nSPS) is 18.1. The number of carbonyl (C=O) groups excluding carboxylic acids is 2. The molecule has 248 valence electrons. The molecule has 2 aliphatic rings. The lowest BCUT2D eigenvalue weighted by Gasteiger charge is -2.23. The van der Waals surface area contributed by atoms with Gasteiger partial charge in [0.1, 0.15) is 40.9 Å². The molecule has 3 aromatic heterocycles. The molecule has 3 atom stereocenters. The molecule has 7 rings (SSSR count). The molecule has 0 spiro atoms. The van der Waals surface area contributed by atoms with E-state index in [0.29, 0.717) is 21.8 Å². The molecular weight excluding hydrogens is 647 g/mol. The van der Waals surface area contributed by atoms with Crippen molar-refractivity contribution >= 4 is 22.8 Å². The predicted molar refractivity (Wildman–Crippen MR) is 156 cm³/mol. The molecular formula is C32H24F7N7O2. The molecule has 16 heteroatoms. The number of halogens is 7. The minimum atomic E-state index is -3.47. The fraction of sp³-hybridized carbons (Fsp3) is 0.281. The smallest absolute Gasteiger partial charge is 0.293 e. The van der Waals surface area contributed by atoms with Crippen LogP contribution < -0.4 is 10.6 Å². The third-order valence-electron chi connectivity index (χ3n) is 8.69. The number of hydrogen-bond acceptors (Lipinski definition) is 5. The average molecular weight is 672 g/mol. The molecule has 1 fully saturated rings. The topological polar surface area (TPSA) is 118 Å². The maximum absolute atomic E-state index is 15.2. The Labute approximate surface area is 266 Å². The van der Waals surface area contributed by atoms with Gasteiger partial charge >= 0.3 is 0 Å². The summed E-state index contributed by atoms with van der Waals surface area (Å²) in [5.74, 6) is -9.68. The van der Waals surface area contributed by atoms with Gasteiger partial charge < -0.3 is 10.6 Å². The SMILES string of the molecule is CNC(=O)c1cc(-c2cc3[nH]ncc3nc2C(Cc2cc(F)cc(F)c2)NC(=O)Cn2nc(C(F)F)c3c2C(F)(F)[C@@H]2C[C@H]32)ccc1F. The molecule has 3 N–H and O–H groups in total. The first-order valence-corrected chi connectivity index (χ1v) is 14.7. The number of aromatic amines is 1. The van der Waals surface area contributed by atoms with E-state index in [1.54, 1.807) is 6.07 Å². The maximum Gasteiger partial charge on any atom is 0.293 e. The molecule has 9 nitrogen and oxygen atoms in total. The maximum atomic E-state index is 15.2. The number of benzene rings is 2. The third-order valence-corrected chi connectivity index (χ3v) is 8.69. The van der Waals surface area contributed by atoms with Gasteiger partial charge in [-0.15, -0.1) is 0 Å². The number of amides is 2. The monoisotopic (exact) mass is 671 g/mol. The summed E-state index contributed by atoms with van der Waals surface area (Å²) in [5, 5.41) is 15.4. The van der Waals surface area contributed by atoms with E-state index in [9.17, 15) is 31.5 Å². The van der Waals surface area contributed by atoms with Gasteiger partial charge in [-0.1, -0.05) is 6.07 Å². The molecule has 1 saturated carbocycles. The van der Waals surface area contributed by atoms with E-state index in [2.05, 4.69) is 30.9 Å². The summed E-state index contributed by atoms with van der Waals surface area (Å²) < 4.78 is 102. The quantitative estimate of drug-likeness (QED) is 0.170. The molecule has 2 aliphatic carbocycles. The number of aromatic nitrogens is 5. The van der Waals surface area contributed by atoms with Crippen LogP contribution in [0, 0.1) is 23.4 Å². The second-order valence-corrected chi connectivity index (χ2v) is 11.8.